The number of thioether (sulfide) groups is 1. The lowest BCUT2D eigenvalue weighted by molar-refractivity contribution is -0.138. The maximum absolute atomic E-state index is 10.4. The molecule has 0 fully saturated rings. The average Bonchev–Trinajstić information content (AvgIpc) is 2.52. The van der Waals surface area contributed by atoms with Gasteiger partial charge in [-0.1, -0.05) is 11.8 Å². The first-order valence-electron chi connectivity index (χ1n) is 3.83. The van der Waals surface area contributed by atoms with E-state index in [0.717, 1.165) is 0 Å². The van der Waals surface area contributed by atoms with Crippen molar-refractivity contribution in [1.82, 2.24) is 20.2 Å². The standard InChI is InChI=1S/C6H10N4O3S/c1-13-2-3-14-6-7-8-9-10(6)4-5(11)12/h2-4H2,1H3,(H,11,12). The smallest absolute Gasteiger partial charge is 0.325 e. The zero-order valence-electron chi connectivity index (χ0n) is 7.58. The van der Waals surface area contributed by atoms with Crippen molar-refractivity contribution in [2.45, 2.75) is 11.7 Å². The Labute approximate surface area is 84.4 Å². The van der Waals surface area contributed by atoms with Crippen LogP contribution in [-0.4, -0.2) is 50.8 Å². The first kappa shape index (κ1) is 10.9. The highest BCUT2D eigenvalue weighted by atomic mass is 32.2. The molecule has 1 rings (SSSR count). The van der Waals surface area contributed by atoms with Crippen LogP contribution >= 0.6 is 11.8 Å². The predicted octanol–water partition coefficient (Wildman–Crippen LogP) is -0.504. The second kappa shape index (κ2) is 5.55. The summed E-state index contributed by atoms with van der Waals surface area (Å²) >= 11 is 1.36. The van der Waals surface area contributed by atoms with Crippen LogP contribution in [-0.2, 0) is 16.1 Å². The van der Waals surface area contributed by atoms with Crippen molar-refractivity contribution in [2.75, 3.05) is 19.5 Å². The third kappa shape index (κ3) is 3.30. The highest BCUT2D eigenvalue weighted by Crippen LogP contribution is 2.12. The quantitative estimate of drug-likeness (QED) is 0.508. The van der Waals surface area contributed by atoms with Crippen molar-refractivity contribution < 1.29 is 14.6 Å². The molecule has 0 aliphatic carbocycles. The molecule has 78 valence electrons. The van der Waals surface area contributed by atoms with Crippen molar-refractivity contribution in [3.63, 3.8) is 0 Å². The van der Waals surface area contributed by atoms with Gasteiger partial charge in [-0.3, -0.25) is 4.79 Å². The molecule has 0 atom stereocenters. The monoisotopic (exact) mass is 218 g/mol. The second-order valence-corrected chi connectivity index (χ2v) is 3.42. The summed E-state index contributed by atoms with van der Waals surface area (Å²) in [4.78, 5) is 10.4. The van der Waals surface area contributed by atoms with Gasteiger partial charge in [-0.25, -0.2) is 4.68 Å². The topological polar surface area (TPSA) is 90.1 Å². The Balaban J connectivity index is 2.49. The third-order valence-corrected chi connectivity index (χ3v) is 2.22. The van der Waals surface area contributed by atoms with Crippen LogP contribution in [0.25, 0.3) is 0 Å². The van der Waals surface area contributed by atoms with Crippen LogP contribution in [0.3, 0.4) is 0 Å². The Morgan fingerprint density at radius 2 is 2.50 bits per heavy atom. The number of hydrogen-bond donors (Lipinski definition) is 1. The van der Waals surface area contributed by atoms with Gasteiger partial charge >= 0.3 is 5.97 Å². The molecule has 0 aromatic carbocycles. The lowest BCUT2D eigenvalue weighted by Gasteiger charge is -2.00. The summed E-state index contributed by atoms with van der Waals surface area (Å²) < 4.78 is 6.08. The molecule has 14 heavy (non-hydrogen) atoms. The normalized spacial score (nSPS) is 10.4. The zero-order chi connectivity index (χ0) is 10.4. The maximum atomic E-state index is 10.4. The van der Waals surface area contributed by atoms with Gasteiger partial charge in [0.2, 0.25) is 5.16 Å². The molecular formula is C6H10N4O3S. The van der Waals surface area contributed by atoms with E-state index >= 15 is 0 Å². The van der Waals surface area contributed by atoms with Crippen molar-refractivity contribution in [1.29, 1.82) is 0 Å². The summed E-state index contributed by atoms with van der Waals surface area (Å²) in [6.07, 6.45) is 0. The summed E-state index contributed by atoms with van der Waals surface area (Å²) in [5.74, 6) is -0.276. The van der Waals surface area contributed by atoms with E-state index in [2.05, 4.69) is 15.5 Å². The highest BCUT2D eigenvalue weighted by Gasteiger charge is 2.09. The Morgan fingerprint density at radius 3 is 3.14 bits per heavy atom. The second-order valence-electron chi connectivity index (χ2n) is 2.35. The predicted molar refractivity (Wildman–Crippen MR) is 48.1 cm³/mol. The SMILES string of the molecule is COCCSc1nnnn1CC(=O)O. The van der Waals surface area contributed by atoms with E-state index in [1.807, 2.05) is 0 Å². The molecule has 1 aromatic rings. The van der Waals surface area contributed by atoms with Gasteiger partial charge in [0.15, 0.2) is 0 Å². The average molecular weight is 218 g/mol. The summed E-state index contributed by atoms with van der Waals surface area (Å²) in [7, 11) is 1.60. The fourth-order valence-corrected chi connectivity index (χ4v) is 1.52. The molecule has 0 unspecified atom stereocenters. The minimum atomic E-state index is -0.967. The van der Waals surface area contributed by atoms with Gasteiger partial charge in [-0.05, 0) is 10.4 Å². The van der Waals surface area contributed by atoms with Gasteiger partial charge in [0.05, 0.1) is 6.61 Å². The van der Waals surface area contributed by atoms with Crippen LogP contribution in [0.4, 0.5) is 0 Å². The van der Waals surface area contributed by atoms with E-state index in [4.69, 9.17) is 9.84 Å². The number of carbonyl (C=O) groups is 1. The molecule has 0 amide bonds. The van der Waals surface area contributed by atoms with Crippen LogP contribution in [0.2, 0.25) is 0 Å². The van der Waals surface area contributed by atoms with Crippen LogP contribution in [0, 0.1) is 0 Å². The van der Waals surface area contributed by atoms with Crippen molar-refractivity contribution in [2.24, 2.45) is 0 Å². The van der Waals surface area contributed by atoms with Crippen LogP contribution in [0.1, 0.15) is 0 Å². The van der Waals surface area contributed by atoms with Gasteiger partial charge < -0.3 is 9.84 Å². The molecule has 1 N–H and O–H groups in total. The van der Waals surface area contributed by atoms with E-state index in [0.29, 0.717) is 17.5 Å². The number of tetrazole rings is 1. The Bertz CT molecular complexity index is 303. The number of rotatable bonds is 6. The molecule has 0 spiro atoms. The molecule has 1 aromatic heterocycles. The Hall–Kier alpha value is -1.15. The molecule has 7 nitrogen and oxygen atoms in total. The molecule has 0 saturated carbocycles. The van der Waals surface area contributed by atoms with E-state index in [1.54, 1.807) is 7.11 Å². The maximum Gasteiger partial charge on any atom is 0.325 e. The molecule has 0 saturated heterocycles. The molecule has 0 aliphatic rings. The number of hydrogen-bond acceptors (Lipinski definition) is 6. The van der Waals surface area contributed by atoms with Gasteiger partial charge in [0, 0.05) is 12.9 Å². The molecule has 0 bridgehead atoms. The van der Waals surface area contributed by atoms with Crippen LogP contribution in [0.5, 0.6) is 0 Å². The minimum absolute atomic E-state index is 0.220. The molecule has 0 radical (unpaired) electrons. The minimum Gasteiger partial charge on any atom is -0.480 e. The Kier molecular flexibility index (Phi) is 4.33. The number of aliphatic carboxylic acids is 1. The summed E-state index contributed by atoms with van der Waals surface area (Å²) in [5.41, 5.74) is 0. The number of carboxylic acids is 1. The van der Waals surface area contributed by atoms with Gasteiger partial charge in [0.25, 0.3) is 0 Å². The zero-order valence-corrected chi connectivity index (χ0v) is 8.40. The largest absolute Gasteiger partial charge is 0.480 e. The first-order chi connectivity index (χ1) is 6.74. The summed E-state index contributed by atoms with van der Waals surface area (Å²) in [6.45, 7) is 0.354. The summed E-state index contributed by atoms with van der Waals surface area (Å²) in [5, 5.41) is 19.6. The van der Waals surface area contributed by atoms with Crippen LogP contribution in [0.15, 0.2) is 5.16 Å². The Morgan fingerprint density at radius 1 is 1.71 bits per heavy atom. The van der Waals surface area contributed by atoms with E-state index in [-0.39, 0.29) is 6.54 Å². The van der Waals surface area contributed by atoms with Gasteiger partial charge in [-0.2, -0.15) is 0 Å². The first-order valence-corrected chi connectivity index (χ1v) is 4.82. The van der Waals surface area contributed by atoms with Crippen molar-refractivity contribution >= 4 is 17.7 Å². The van der Waals surface area contributed by atoms with E-state index < -0.39 is 5.97 Å². The number of methoxy groups -OCH3 is 1. The molecule has 1 heterocycles. The highest BCUT2D eigenvalue weighted by molar-refractivity contribution is 7.99. The third-order valence-electron chi connectivity index (χ3n) is 1.30. The lowest BCUT2D eigenvalue weighted by atomic mass is 10.7. The fraction of sp³-hybridized carbons (Fsp3) is 0.667. The van der Waals surface area contributed by atoms with Crippen LogP contribution < -0.4 is 0 Å². The number of carboxylic acid groups (broad SMARTS) is 1. The number of nitrogens with zero attached hydrogens (tertiary/aromatic N) is 4. The molecule has 8 heteroatoms. The van der Waals surface area contributed by atoms with Crippen molar-refractivity contribution in [3.8, 4) is 0 Å². The fourth-order valence-electron chi connectivity index (χ4n) is 0.743. The van der Waals surface area contributed by atoms with Gasteiger partial charge in [0.1, 0.15) is 6.54 Å². The molecular weight excluding hydrogens is 208 g/mol. The van der Waals surface area contributed by atoms with E-state index in [9.17, 15) is 4.79 Å². The summed E-state index contributed by atoms with van der Waals surface area (Å²) in [6, 6.07) is 0. The lowest BCUT2D eigenvalue weighted by Crippen LogP contribution is -2.11. The van der Waals surface area contributed by atoms with Gasteiger partial charge in [-0.15, -0.1) is 5.10 Å². The van der Waals surface area contributed by atoms with Crippen molar-refractivity contribution in [3.05, 3.63) is 0 Å². The number of ether oxygens (including phenoxy) is 1. The number of aromatic nitrogens is 4. The van der Waals surface area contributed by atoms with E-state index in [1.165, 1.54) is 16.4 Å². The molecule has 0 aliphatic heterocycles.